The number of nitrogens with zero attached hydrogens (tertiary/aromatic N) is 2. The van der Waals surface area contributed by atoms with Gasteiger partial charge in [-0.15, -0.1) is 0 Å². The molecule has 0 saturated carbocycles. The number of oxime groups is 1. The van der Waals surface area contributed by atoms with E-state index in [1.165, 1.54) is 18.2 Å². The topological polar surface area (TPSA) is 54.6 Å². The van der Waals surface area contributed by atoms with Gasteiger partial charge in [0.05, 0.1) is 0 Å². The second-order valence-corrected chi connectivity index (χ2v) is 8.87. The number of benzene rings is 2. The van der Waals surface area contributed by atoms with E-state index in [0.717, 1.165) is 29.7 Å². The van der Waals surface area contributed by atoms with Crippen molar-refractivity contribution in [3.8, 4) is 11.8 Å². The molecule has 160 valence electrons. The van der Waals surface area contributed by atoms with Crippen LogP contribution >= 0.6 is 0 Å². The highest BCUT2D eigenvalue weighted by Gasteiger charge is 2.26. The summed E-state index contributed by atoms with van der Waals surface area (Å²) in [4.78, 5) is 4.83. The smallest absolute Gasteiger partial charge is 0.187 e. The number of hydrogen-bond acceptors (Lipinski definition) is 4. The second kappa shape index (κ2) is 9.80. The first kappa shape index (κ1) is 23.5. The first-order chi connectivity index (χ1) is 14.2. The van der Waals surface area contributed by atoms with Crippen molar-refractivity contribution in [1.82, 2.24) is 0 Å². The minimum absolute atomic E-state index is 0.00991. The molecule has 0 bridgehead atoms. The van der Waals surface area contributed by atoms with E-state index in [2.05, 4.69) is 71.0 Å². The van der Waals surface area contributed by atoms with Crippen LogP contribution in [0.4, 0.5) is 0 Å². The van der Waals surface area contributed by atoms with E-state index < -0.39 is 0 Å². The van der Waals surface area contributed by atoms with Gasteiger partial charge < -0.3 is 9.57 Å². The second-order valence-electron chi connectivity index (χ2n) is 8.87. The van der Waals surface area contributed by atoms with Crippen LogP contribution < -0.4 is 4.74 Å². The van der Waals surface area contributed by atoms with E-state index in [0.29, 0.717) is 6.61 Å². The molecule has 30 heavy (non-hydrogen) atoms. The minimum Gasteiger partial charge on any atom is -0.489 e. The van der Waals surface area contributed by atoms with E-state index in [1.54, 1.807) is 0 Å². The maximum absolute atomic E-state index is 9.43. The van der Waals surface area contributed by atoms with Crippen molar-refractivity contribution in [3.63, 3.8) is 0 Å². The van der Waals surface area contributed by atoms with Gasteiger partial charge in [0.2, 0.25) is 0 Å². The highest BCUT2D eigenvalue weighted by molar-refractivity contribution is 6.12. The summed E-state index contributed by atoms with van der Waals surface area (Å²) in [7, 11) is 1.44. The zero-order chi connectivity index (χ0) is 22.4. The largest absolute Gasteiger partial charge is 0.489 e. The Labute approximate surface area is 181 Å². The van der Waals surface area contributed by atoms with Crippen molar-refractivity contribution in [2.75, 3.05) is 7.11 Å². The Hall–Kier alpha value is -2.80. The number of hydrogen-bond donors (Lipinski definition) is 0. The summed E-state index contributed by atoms with van der Waals surface area (Å²) < 4.78 is 6.32. The molecule has 0 saturated heterocycles. The number of rotatable bonds is 9. The van der Waals surface area contributed by atoms with Crippen LogP contribution in [-0.2, 0) is 22.3 Å². The molecule has 0 aliphatic rings. The first-order valence-electron chi connectivity index (χ1n) is 10.6. The lowest BCUT2D eigenvalue weighted by Crippen LogP contribution is -2.21. The molecule has 4 nitrogen and oxygen atoms in total. The fourth-order valence-corrected chi connectivity index (χ4v) is 3.25. The summed E-state index contributed by atoms with van der Waals surface area (Å²) in [5.41, 5.74) is 4.51. The Morgan fingerprint density at radius 3 is 2.27 bits per heavy atom. The molecule has 0 aromatic heterocycles. The van der Waals surface area contributed by atoms with Crippen molar-refractivity contribution in [1.29, 1.82) is 5.26 Å². The zero-order valence-electron chi connectivity index (χ0n) is 19.4. The van der Waals surface area contributed by atoms with Crippen LogP contribution in [0.2, 0.25) is 0 Å². The maximum Gasteiger partial charge on any atom is 0.187 e. The molecule has 0 atom stereocenters. The molecule has 0 heterocycles. The summed E-state index contributed by atoms with van der Waals surface area (Å²) in [5, 5.41) is 13.3. The Balaban J connectivity index is 2.43. The van der Waals surface area contributed by atoms with Crippen LogP contribution in [0.15, 0.2) is 47.6 Å². The molecule has 0 unspecified atom stereocenters. The molecule has 0 aliphatic carbocycles. The van der Waals surface area contributed by atoms with Crippen molar-refractivity contribution in [2.24, 2.45) is 5.16 Å². The van der Waals surface area contributed by atoms with Crippen molar-refractivity contribution in [2.45, 2.75) is 71.8 Å². The molecule has 0 aliphatic heterocycles. The minimum atomic E-state index is -0.00991. The Kier molecular flexibility index (Phi) is 7.67. The summed E-state index contributed by atoms with van der Waals surface area (Å²) >= 11 is 0. The molecule has 2 rings (SSSR count). The lowest BCUT2D eigenvalue weighted by molar-refractivity contribution is 0.214. The van der Waals surface area contributed by atoms with Crippen molar-refractivity contribution >= 4 is 5.71 Å². The highest BCUT2D eigenvalue weighted by atomic mass is 16.6. The van der Waals surface area contributed by atoms with E-state index >= 15 is 0 Å². The van der Waals surface area contributed by atoms with E-state index in [4.69, 9.17) is 9.57 Å². The monoisotopic (exact) mass is 406 g/mol. The summed E-state index contributed by atoms with van der Waals surface area (Å²) in [6.45, 7) is 13.8. The van der Waals surface area contributed by atoms with Crippen LogP contribution in [-0.4, -0.2) is 12.8 Å². The summed E-state index contributed by atoms with van der Waals surface area (Å²) in [6.07, 6.45) is 2.08. The van der Waals surface area contributed by atoms with Gasteiger partial charge >= 0.3 is 0 Å². The molecule has 4 heteroatoms. The third-order valence-electron chi connectivity index (χ3n) is 6.20. The van der Waals surface area contributed by atoms with Gasteiger partial charge in [-0.25, -0.2) is 0 Å². The van der Waals surface area contributed by atoms with Gasteiger partial charge in [-0.2, -0.15) is 5.26 Å². The molecule has 0 spiro atoms. The van der Waals surface area contributed by atoms with Crippen LogP contribution in [0.1, 0.15) is 76.6 Å². The Morgan fingerprint density at radius 1 is 1.00 bits per heavy atom. The van der Waals surface area contributed by atoms with Gasteiger partial charge in [0.1, 0.15) is 25.5 Å². The average molecular weight is 407 g/mol. The summed E-state index contributed by atoms with van der Waals surface area (Å²) in [5.74, 6) is 0.884. The third-order valence-corrected chi connectivity index (χ3v) is 6.20. The molecule has 0 amide bonds. The summed E-state index contributed by atoms with van der Waals surface area (Å²) in [6, 6.07) is 16.3. The first-order valence-corrected chi connectivity index (χ1v) is 10.6. The quantitative estimate of drug-likeness (QED) is 0.352. The van der Waals surface area contributed by atoms with E-state index in [1.807, 2.05) is 24.3 Å². The normalized spacial score (nSPS) is 12.4. The molecular weight excluding hydrogens is 372 g/mol. The van der Waals surface area contributed by atoms with Gasteiger partial charge in [-0.3, -0.25) is 0 Å². The van der Waals surface area contributed by atoms with Gasteiger partial charge in [-0.1, -0.05) is 83.1 Å². The van der Waals surface area contributed by atoms with Crippen LogP contribution in [0, 0.1) is 11.3 Å². The molecule has 0 N–H and O–H groups in total. The number of nitriles is 1. The molecule has 2 aromatic carbocycles. The van der Waals surface area contributed by atoms with E-state index in [-0.39, 0.29) is 16.5 Å². The average Bonchev–Trinajstić information content (AvgIpc) is 2.76. The lowest BCUT2D eigenvalue weighted by Gasteiger charge is -2.30. The Morgan fingerprint density at radius 2 is 1.67 bits per heavy atom. The van der Waals surface area contributed by atoms with Crippen molar-refractivity contribution in [3.05, 3.63) is 64.7 Å². The Bertz CT molecular complexity index is 936. The third kappa shape index (κ3) is 5.21. The number of ether oxygens (including phenoxy) is 1. The fourth-order valence-electron chi connectivity index (χ4n) is 3.25. The van der Waals surface area contributed by atoms with Crippen LogP contribution in [0.3, 0.4) is 0 Å². The van der Waals surface area contributed by atoms with Crippen LogP contribution in [0.5, 0.6) is 5.75 Å². The molecule has 0 fully saturated rings. The van der Waals surface area contributed by atoms with Gasteiger partial charge in [-0.05, 0) is 40.9 Å². The standard InChI is InChI=1S/C26H34N2O2/c1-8-25(3,4)20-14-15-24(22(16-20)26(5,6)9-2)30-18-19-12-10-11-13-21(19)23(17-27)28-29-7/h10-16H,8-9,18H2,1-7H3. The van der Waals surface area contributed by atoms with Crippen LogP contribution in [0.25, 0.3) is 0 Å². The van der Waals surface area contributed by atoms with Gasteiger partial charge in [0.15, 0.2) is 5.71 Å². The SMILES string of the molecule is CCC(C)(C)c1ccc(OCc2ccccc2C(C#N)=NOC)c(C(C)(C)CC)c1. The predicted molar refractivity (Wildman–Crippen MR) is 123 cm³/mol. The maximum atomic E-state index is 9.43. The van der Waals surface area contributed by atoms with Crippen molar-refractivity contribution < 1.29 is 9.57 Å². The molecule has 2 aromatic rings. The van der Waals surface area contributed by atoms with Gasteiger partial charge in [0, 0.05) is 11.1 Å². The predicted octanol–water partition coefficient (Wildman–Crippen LogP) is 6.51. The fraction of sp³-hybridized carbons (Fsp3) is 0.462. The zero-order valence-corrected chi connectivity index (χ0v) is 19.4. The van der Waals surface area contributed by atoms with Gasteiger partial charge in [0.25, 0.3) is 0 Å². The lowest BCUT2D eigenvalue weighted by atomic mass is 9.76. The molecule has 0 radical (unpaired) electrons. The highest BCUT2D eigenvalue weighted by Crippen LogP contribution is 2.38. The van der Waals surface area contributed by atoms with E-state index in [9.17, 15) is 5.26 Å². The molecular formula is C26H34N2O2.